The van der Waals surface area contributed by atoms with Crippen LogP contribution in [0, 0.1) is 18.3 Å². The van der Waals surface area contributed by atoms with Gasteiger partial charge in [-0.05, 0) is 20.8 Å². The third kappa shape index (κ3) is 3.27. The Kier molecular flexibility index (Phi) is 6.25. The second kappa shape index (κ2) is 7.06. The van der Waals surface area contributed by atoms with Crippen LogP contribution in [0.15, 0.2) is 0 Å². The van der Waals surface area contributed by atoms with E-state index in [1.54, 1.807) is 13.8 Å². The fraction of sp³-hybridized carbons (Fsp3) is 0.857. The molecule has 0 aliphatic carbocycles. The van der Waals surface area contributed by atoms with E-state index < -0.39 is 12.9 Å². The number of terminal acetylenes is 1. The van der Waals surface area contributed by atoms with Crippen molar-refractivity contribution >= 4 is 7.60 Å². The fourth-order valence-electron chi connectivity index (χ4n) is 2.76. The summed E-state index contributed by atoms with van der Waals surface area (Å²) in [6.45, 7) is 8.91. The molecule has 1 aliphatic rings. The average Bonchev–Trinajstić information content (AvgIpc) is 2.36. The monoisotopic (exact) mass is 303 g/mol. The Balaban J connectivity index is 3.02. The number of hydrogen-bond acceptors (Lipinski definition) is 5. The van der Waals surface area contributed by atoms with Crippen molar-refractivity contribution in [2.45, 2.75) is 45.5 Å². The molecule has 0 aromatic rings. The molecule has 1 fully saturated rings. The molecule has 116 valence electrons. The molecule has 6 heteroatoms. The van der Waals surface area contributed by atoms with E-state index in [9.17, 15) is 9.67 Å². The number of likely N-dealkylation sites (tertiary alicyclic amines) is 1. The van der Waals surface area contributed by atoms with Gasteiger partial charge in [0.25, 0.3) is 0 Å². The number of rotatable bonds is 6. The molecular weight excluding hydrogens is 277 g/mol. The van der Waals surface area contributed by atoms with Crippen molar-refractivity contribution in [2.24, 2.45) is 5.92 Å². The van der Waals surface area contributed by atoms with Crippen molar-refractivity contribution in [3.63, 3.8) is 0 Å². The lowest BCUT2D eigenvalue weighted by Crippen LogP contribution is -2.55. The minimum atomic E-state index is -3.57. The Bertz CT molecular complexity index is 398. The lowest BCUT2D eigenvalue weighted by atomic mass is 9.91. The molecule has 1 N–H and O–H groups in total. The predicted molar refractivity (Wildman–Crippen MR) is 79.5 cm³/mol. The first-order valence-corrected chi connectivity index (χ1v) is 8.68. The molecular formula is C14H26NO4P. The van der Waals surface area contributed by atoms with Crippen LogP contribution >= 0.6 is 7.60 Å². The summed E-state index contributed by atoms with van der Waals surface area (Å²) < 4.78 is 23.7. The summed E-state index contributed by atoms with van der Waals surface area (Å²) in [5, 5.41) is 9.53. The van der Waals surface area contributed by atoms with E-state index in [-0.39, 0.29) is 25.2 Å². The van der Waals surface area contributed by atoms with E-state index in [2.05, 4.69) is 10.8 Å². The van der Waals surface area contributed by atoms with Gasteiger partial charge in [-0.1, -0.05) is 12.8 Å². The van der Waals surface area contributed by atoms with Crippen LogP contribution in [0.25, 0.3) is 0 Å². The predicted octanol–water partition coefficient (Wildman–Crippen LogP) is 2.30. The molecule has 0 radical (unpaired) electrons. The van der Waals surface area contributed by atoms with Crippen molar-refractivity contribution in [3.8, 4) is 12.3 Å². The van der Waals surface area contributed by atoms with Crippen LogP contribution in [0.5, 0.6) is 0 Å². The van der Waals surface area contributed by atoms with Gasteiger partial charge in [-0.2, -0.15) is 0 Å². The molecule has 1 heterocycles. The lowest BCUT2D eigenvalue weighted by molar-refractivity contribution is -0.0447. The molecule has 0 aromatic carbocycles. The van der Waals surface area contributed by atoms with Gasteiger partial charge in [0.2, 0.25) is 0 Å². The highest BCUT2D eigenvalue weighted by Crippen LogP contribution is 2.64. The first-order chi connectivity index (χ1) is 9.34. The van der Waals surface area contributed by atoms with Gasteiger partial charge in [-0.25, -0.2) is 0 Å². The molecule has 0 aromatic heterocycles. The molecule has 0 bridgehead atoms. The van der Waals surface area contributed by atoms with Crippen molar-refractivity contribution in [1.82, 2.24) is 4.90 Å². The molecule has 5 nitrogen and oxygen atoms in total. The maximum Gasteiger partial charge on any atom is 0.362 e. The van der Waals surface area contributed by atoms with E-state index in [1.165, 1.54) is 0 Å². The minimum absolute atomic E-state index is 0.0292. The van der Waals surface area contributed by atoms with Gasteiger partial charge in [0.1, 0.15) is 0 Å². The highest BCUT2D eigenvalue weighted by atomic mass is 31.2. The summed E-state index contributed by atoms with van der Waals surface area (Å²) in [5.41, 5.74) is 0. The van der Waals surface area contributed by atoms with Gasteiger partial charge >= 0.3 is 7.60 Å². The highest BCUT2D eigenvalue weighted by molar-refractivity contribution is 7.55. The average molecular weight is 303 g/mol. The quantitative estimate of drug-likeness (QED) is 0.603. The van der Waals surface area contributed by atoms with Crippen molar-refractivity contribution in [2.75, 3.05) is 26.3 Å². The van der Waals surface area contributed by atoms with Crippen molar-refractivity contribution < 1.29 is 18.7 Å². The molecule has 20 heavy (non-hydrogen) atoms. The van der Waals surface area contributed by atoms with Crippen LogP contribution in [-0.2, 0) is 13.6 Å². The molecule has 0 saturated carbocycles. The van der Waals surface area contributed by atoms with Crippen LogP contribution in [0.2, 0.25) is 0 Å². The lowest BCUT2D eigenvalue weighted by Gasteiger charge is -2.48. The van der Waals surface area contributed by atoms with Crippen LogP contribution in [0.4, 0.5) is 0 Å². The Hall–Kier alpha value is -0.370. The van der Waals surface area contributed by atoms with E-state index >= 15 is 0 Å². The first-order valence-electron chi connectivity index (χ1n) is 7.13. The smallest absolute Gasteiger partial charge is 0.362 e. The normalized spacial score (nSPS) is 32.0. The molecule has 3 unspecified atom stereocenters. The van der Waals surface area contributed by atoms with Crippen LogP contribution < -0.4 is 0 Å². The van der Waals surface area contributed by atoms with E-state index in [0.717, 1.165) is 0 Å². The summed E-state index contributed by atoms with van der Waals surface area (Å²) in [6, 6.07) is 0.0292. The number of piperidine rings is 1. The maximum absolute atomic E-state index is 13.0. The molecule has 3 atom stereocenters. The summed E-state index contributed by atoms with van der Waals surface area (Å²) in [4.78, 5) is 2.10. The van der Waals surface area contributed by atoms with Gasteiger partial charge in [0, 0.05) is 24.9 Å². The Morgan fingerprint density at radius 3 is 2.40 bits per heavy atom. The summed E-state index contributed by atoms with van der Waals surface area (Å²) in [6.07, 6.45) is 5.68. The number of hydrogen-bond donors (Lipinski definition) is 1. The molecule has 1 saturated heterocycles. The van der Waals surface area contributed by atoms with E-state index in [1.807, 2.05) is 13.8 Å². The van der Waals surface area contributed by atoms with Crippen LogP contribution in [0.1, 0.15) is 34.1 Å². The zero-order chi connectivity index (χ0) is 15.4. The zero-order valence-corrected chi connectivity index (χ0v) is 13.7. The number of aliphatic hydroxyl groups is 1. The Morgan fingerprint density at radius 2 is 1.95 bits per heavy atom. The summed E-state index contributed by atoms with van der Waals surface area (Å²) in [7, 11) is -3.57. The maximum atomic E-state index is 13.0. The van der Waals surface area contributed by atoms with Crippen LogP contribution in [-0.4, -0.2) is 47.7 Å². The first kappa shape index (κ1) is 17.7. The number of nitrogens with zero attached hydrogens (tertiary/aromatic N) is 1. The fourth-order valence-corrected chi connectivity index (χ4v) is 5.07. The molecule has 1 aliphatic heterocycles. The third-order valence-electron chi connectivity index (χ3n) is 3.88. The largest absolute Gasteiger partial charge is 0.377 e. The SMILES string of the molecule is C#CCN1CC(C)C(O)(P(=O)(OCC)OCC)CC1C. The van der Waals surface area contributed by atoms with Crippen LogP contribution in [0.3, 0.4) is 0 Å². The van der Waals surface area contributed by atoms with E-state index in [4.69, 9.17) is 15.5 Å². The summed E-state index contributed by atoms with van der Waals surface area (Å²) in [5.74, 6) is 2.38. The van der Waals surface area contributed by atoms with Crippen molar-refractivity contribution in [1.29, 1.82) is 0 Å². The third-order valence-corrected chi connectivity index (χ3v) is 6.65. The van der Waals surface area contributed by atoms with Gasteiger partial charge in [-0.3, -0.25) is 9.46 Å². The van der Waals surface area contributed by atoms with Crippen molar-refractivity contribution in [3.05, 3.63) is 0 Å². The molecule has 0 amide bonds. The van der Waals surface area contributed by atoms with Gasteiger partial charge < -0.3 is 14.2 Å². The van der Waals surface area contributed by atoms with Gasteiger partial charge in [0.15, 0.2) is 5.34 Å². The zero-order valence-electron chi connectivity index (χ0n) is 12.8. The minimum Gasteiger partial charge on any atom is -0.377 e. The second-order valence-electron chi connectivity index (χ2n) is 5.30. The van der Waals surface area contributed by atoms with Gasteiger partial charge in [0.05, 0.1) is 19.8 Å². The summed E-state index contributed by atoms with van der Waals surface area (Å²) >= 11 is 0. The molecule has 0 spiro atoms. The topological polar surface area (TPSA) is 59.0 Å². The Labute approximate surface area is 122 Å². The van der Waals surface area contributed by atoms with Gasteiger partial charge in [-0.15, -0.1) is 6.42 Å². The Morgan fingerprint density at radius 1 is 1.40 bits per heavy atom. The standard InChI is InChI=1S/C14H26NO4P/c1-6-9-15-11-12(4)14(16,10-13(15)5)20(17,18-7-2)19-8-3/h1,12-13,16H,7-11H2,2-5H3. The second-order valence-corrected chi connectivity index (χ2v) is 7.59. The van der Waals surface area contributed by atoms with E-state index in [0.29, 0.717) is 19.5 Å². The molecule has 1 rings (SSSR count). The highest BCUT2D eigenvalue weighted by Gasteiger charge is 2.56.